The van der Waals surface area contributed by atoms with Gasteiger partial charge in [0.2, 0.25) is 0 Å². The van der Waals surface area contributed by atoms with Gasteiger partial charge in [0.15, 0.2) is 0 Å². The van der Waals surface area contributed by atoms with E-state index in [-0.39, 0.29) is 10.6 Å². The van der Waals surface area contributed by atoms with Crippen LogP contribution in [0.15, 0.2) is 77.7 Å². The minimum absolute atomic E-state index is 0.00518. The average molecular weight is 400 g/mol. The standard InChI is InChI=1S/C21H18ClNO3S/c1-15-7-11-18(12-8-15)23(21(24)20-6-4-3-5-16(20)2)27(25,26)19-13-9-17(22)10-14-19/h3-14H,1-2H3. The number of hydrogen-bond acceptors (Lipinski definition) is 3. The van der Waals surface area contributed by atoms with Crippen molar-refractivity contribution in [2.75, 3.05) is 4.31 Å². The molecule has 0 saturated heterocycles. The van der Waals surface area contributed by atoms with E-state index in [4.69, 9.17) is 11.6 Å². The Balaban J connectivity index is 2.18. The lowest BCUT2D eigenvalue weighted by molar-refractivity contribution is 0.100. The molecule has 4 nitrogen and oxygen atoms in total. The molecule has 0 N–H and O–H groups in total. The summed E-state index contributed by atoms with van der Waals surface area (Å²) in [5.41, 5.74) is 2.27. The average Bonchev–Trinajstić information content (AvgIpc) is 2.64. The molecule has 0 heterocycles. The van der Waals surface area contributed by atoms with Crippen molar-refractivity contribution in [3.63, 3.8) is 0 Å². The quantitative estimate of drug-likeness (QED) is 0.620. The Kier molecular flexibility index (Phi) is 5.35. The van der Waals surface area contributed by atoms with E-state index in [1.165, 1.54) is 24.3 Å². The highest BCUT2D eigenvalue weighted by atomic mass is 35.5. The second-order valence-corrected chi connectivity index (χ2v) is 8.40. The molecule has 3 aromatic rings. The van der Waals surface area contributed by atoms with Gasteiger partial charge in [0, 0.05) is 10.6 Å². The van der Waals surface area contributed by atoms with Crippen molar-refractivity contribution in [1.82, 2.24) is 0 Å². The maximum Gasteiger partial charge on any atom is 0.272 e. The van der Waals surface area contributed by atoms with E-state index in [1.54, 1.807) is 55.5 Å². The zero-order valence-electron chi connectivity index (χ0n) is 14.9. The number of nitrogens with zero attached hydrogens (tertiary/aromatic N) is 1. The highest BCUT2D eigenvalue weighted by Gasteiger charge is 2.32. The third-order valence-corrected chi connectivity index (χ3v) is 6.16. The van der Waals surface area contributed by atoms with Crippen LogP contribution in [0, 0.1) is 13.8 Å². The Labute approximate surface area is 164 Å². The van der Waals surface area contributed by atoms with Crippen molar-refractivity contribution in [2.24, 2.45) is 0 Å². The molecule has 0 aliphatic carbocycles. The van der Waals surface area contributed by atoms with Crippen LogP contribution in [0.1, 0.15) is 21.5 Å². The maximum atomic E-state index is 13.3. The third kappa shape index (κ3) is 3.89. The predicted molar refractivity (Wildman–Crippen MR) is 108 cm³/mol. The van der Waals surface area contributed by atoms with Gasteiger partial charge in [0.05, 0.1) is 10.6 Å². The maximum absolute atomic E-state index is 13.3. The van der Waals surface area contributed by atoms with Gasteiger partial charge in [-0.1, -0.05) is 47.5 Å². The normalized spacial score (nSPS) is 11.2. The minimum atomic E-state index is -4.12. The molecular formula is C21H18ClNO3S. The molecule has 0 radical (unpaired) electrons. The van der Waals surface area contributed by atoms with Gasteiger partial charge >= 0.3 is 0 Å². The lowest BCUT2D eigenvalue weighted by Gasteiger charge is -2.23. The molecule has 1 amide bonds. The van der Waals surface area contributed by atoms with E-state index in [9.17, 15) is 13.2 Å². The number of aryl methyl sites for hydroxylation is 2. The van der Waals surface area contributed by atoms with Gasteiger partial charge in [0.1, 0.15) is 0 Å². The Hall–Kier alpha value is -2.63. The molecule has 0 aliphatic heterocycles. The summed E-state index contributed by atoms with van der Waals surface area (Å²) < 4.78 is 27.5. The summed E-state index contributed by atoms with van der Waals surface area (Å²) in [6, 6.07) is 19.5. The van der Waals surface area contributed by atoms with E-state index < -0.39 is 15.9 Å². The van der Waals surface area contributed by atoms with Crippen molar-refractivity contribution < 1.29 is 13.2 Å². The van der Waals surface area contributed by atoms with Gasteiger partial charge in [-0.3, -0.25) is 4.79 Å². The molecule has 6 heteroatoms. The summed E-state index contributed by atoms with van der Waals surface area (Å²) in [5, 5.41) is 0.418. The first-order chi connectivity index (χ1) is 12.8. The Morgan fingerprint density at radius 1 is 0.852 bits per heavy atom. The number of hydrogen-bond donors (Lipinski definition) is 0. The van der Waals surface area contributed by atoms with E-state index in [1.807, 2.05) is 6.92 Å². The third-order valence-electron chi connectivity index (χ3n) is 4.18. The van der Waals surface area contributed by atoms with Gasteiger partial charge in [-0.05, 0) is 61.9 Å². The molecule has 0 aromatic heterocycles. The number of benzene rings is 3. The second kappa shape index (κ2) is 7.55. The molecule has 27 heavy (non-hydrogen) atoms. The number of amides is 1. The van der Waals surface area contributed by atoms with Crippen LogP contribution in [-0.2, 0) is 10.0 Å². The highest BCUT2D eigenvalue weighted by molar-refractivity contribution is 7.93. The second-order valence-electron chi connectivity index (χ2n) is 6.18. The fourth-order valence-corrected chi connectivity index (χ4v) is 4.21. The number of carbonyl (C=O) groups excluding carboxylic acids is 1. The van der Waals surface area contributed by atoms with Crippen LogP contribution in [0.2, 0.25) is 5.02 Å². The summed E-state index contributed by atoms with van der Waals surface area (Å²) in [6.45, 7) is 3.67. The Morgan fingerprint density at radius 2 is 1.44 bits per heavy atom. The first kappa shape index (κ1) is 19.1. The molecule has 0 unspecified atom stereocenters. The fraction of sp³-hybridized carbons (Fsp3) is 0.0952. The zero-order chi connectivity index (χ0) is 19.6. The monoisotopic (exact) mass is 399 g/mol. The lowest BCUT2D eigenvalue weighted by atomic mass is 10.1. The minimum Gasteiger partial charge on any atom is -0.268 e. The fourth-order valence-electron chi connectivity index (χ4n) is 2.68. The molecule has 0 spiro atoms. The van der Waals surface area contributed by atoms with Crippen LogP contribution < -0.4 is 4.31 Å². The number of carbonyl (C=O) groups is 1. The summed E-state index contributed by atoms with van der Waals surface area (Å²) in [5.74, 6) is -0.605. The van der Waals surface area contributed by atoms with Crippen molar-refractivity contribution in [3.8, 4) is 0 Å². The Morgan fingerprint density at radius 3 is 2.04 bits per heavy atom. The summed E-state index contributed by atoms with van der Waals surface area (Å²) >= 11 is 5.88. The molecule has 0 aliphatic rings. The molecule has 0 atom stereocenters. The van der Waals surface area contributed by atoms with Gasteiger partial charge < -0.3 is 0 Å². The van der Waals surface area contributed by atoms with Gasteiger partial charge in [0.25, 0.3) is 15.9 Å². The van der Waals surface area contributed by atoms with Crippen LogP contribution in [-0.4, -0.2) is 14.3 Å². The molecule has 3 aromatic carbocycles. The van der Waals surface area contributed by atoms with E-state index in [0.29, 0.717) is 16.1 Å². The lowest BCUT2D eigenvalue weighted by Crippen LogP contribution is -2.37. The van der Waals surface area contributed by atoms with Crippen molar-refractivity contribution in [2.45, 2.75) is 18.7 Å². The summed E-state index contributed by atoms with van der Waals surface area (Å²) in [7, 11) is -4.12. The van der Waals surface area contributed by atoms with Crippen molar-refractivity contribution in [1.29, 1.82) is 0 Å². The largest absolute Gasteiger partial charge is 0.272 e. The van der Waals surface area contributed by atoms with Crippen molar-refractivity contribution >= 4 is 33.2 Å². The topological polar surface area (TPSA) is 54.5 Å². The van der Waals surface area contributed by atoms with Crippen LogP contribution in [0.4, 0.5) is 5.69 Å². The van der Waals surface area contributed by atoms with Gasteiger partial charge in [-0.15, -0.1) is 0 Å². The first-order valence-electron chi connectivity index (χ1n) is 8.28. The van der Waals surface area contributed by atoms with E-state index in [2.05, 4.69) is 0 Å². The zero-order valence-corrected chi connectivity index (χ0v) is 16.5. The summed E-state index contributed by atoms with van der Waals surface area (Å²) in [6.07, 6.45) is 0. The predicted octanol–water partition coefficient (Wildman–Crippen LogP) is 4.99. The Bertz CT molecular complexity index is 1080. The van der Waals surface area contributed by atoms with Gasteiger partial charge in [-0.25, -0.2) is 8.42 Å². The molecule has 3 rings (SSSR count). The van der Waals surface area contributed by atoms with Crippen LogP contribution in [0.25, 0.3) is 0 Å². The smallest absolute Gasteiger partial charge is 0.268 e. The van der Waals surface area contributed by atoms with Gasteiger partial charge in [-0.2, -0.15) is 4.31 Å². The molecule has 0 saturated carbocycles. The number of anilines is 1. The number of sulfonamides is 1. The van der Waals surface area contributed by atoms with Crippen molar-refractivity contribution in [3.05, 3.63) is 94.5 Å². The van der Waals surface area contributed by atoms with Crippen LogP contribution >= 0.6 is 11.6 Å². The van der Waals surface area contributed by atoms with E-state index in [0.717, 1.165) is 9.87 Å². The molecule has 0 fully saturated rings. The highest BCUT2D eigenvalue weighted by Crippen LogP contribution is 2.28. The molecule has 138 valence electrons. The van der Waals surface area contributed by atoms with Crippen LogP contribution in [0.5, 0.6) is 0 Å². The van der Waals surface area contributed by atoms with E-state index >= 15 is 0 Å². The van der Waals surface area contributed by atoms with Crippen LogP contribution in [0.3, 0.4) is 0 Å². The first-order valence-corrected chi connectivity index (χ1v) is 10.1. The SMILES string of the molecule is Cc1ccc(N(C(=O)c2ccccc2C)S(=O)(=O)c2ccc(Cl)cc2)cc1. The summed E-state index contributed by atoms with van der Waals surface area (Å²) in [4.78, 5) is 13.3. The number of rotatable bonds is 4. The molecular weight excluding hydrogens is 382 g/mol. The molecule has 0 bridgehead atoms. The number of halogens is 1.